The van der Waals surface area contributed by atoms with Gasteiger partial charge in [-0.15, -0.1) is 0 Å². The Bertz CT molecular complexity index is 3210. The third-order valence-electron chi connectivity index (χ3n) is 13.5. The first kappa shape index (κ1) is 36.6. The monoisotopic (exact) mass is 784 g/mol. The molecule has 1 aliphatic carbocycles. The van der Waals surface area contributed by atoms with Crippen LogP contribution in [0.4, 0.5) is 0 Å². The predicted octanol–water partition coefficient (Wildman–Crippen LogP) is 14.5. The van der Waals surface area contributed by atoms with Crippen LogP contribution in [0.15, 0.2) is 194 Å². The predicted molar refractivity (Wildman–Crippen MR) is 253 cm³/mol. The molecule has 0 spiro atoms. The number of benzene rings is 8. The highest BCUT2D eigenvalue weighted by Gasteiger charge is 2.45. The van der Waals surface area contributed by atoms with Gasteiger partial charge in [0.1, 0.15) is 0 Å². The van der Waals surface area contributed by atoms with Crippen LogP contribution in [-0.4, -0.2) is 19.5 Å². The summed E-state index contributed by atoms with van der Waals surface area (Å²) < 4.78 is 2.37. The smallest absolute Gasteiger partial charge is 0.164 e. The molecule has 10 aromatic rings. The summed E-state index contributed by atoms with van der Waals surface area (Å²) in [5.41, 5.74) is 16.6. The minimum atomic E-state index is -0.0363. The first-order valence-electron chi connectivity index (χ1n) is 21.1. The Morgan fingerprint density at radius 3 is 1.41 bits per heavy atom. The third-order valence-corrected chi connectivity index (χ3v) is 13.5. The topological polar surface area (TPSA) is 43.6 Å². The van der Waals surface area contributed by atoms with Gasteiger partial charge in [-0.2, -0.15) is 0 Å². The van der Waals surface area contributed by atoms with Gasteiger partial charge in [0, 0.05) is 33.2 Å². The van der Waals surface area contributed by atoms with Crippen molar-refractivity contribution in [3.05, 3.63) is 205 Å². The van der Waals surface area contributed by atoms with E-state index in [9.17, 15) is 0 Å². The van der Waals surface area contributed by atoms with Gasteiger partial charge in [0.15, 0.2) is 17.5 Å². The zero-order valence-corrected chi connectivity index (χ0v) is 34.8. The van der Waals surface area contributed by atoms with Gasteiger partial charge in [-0.1, -0.05) is 179 Å². The zero-order chi connectivity index (χ0) is 41.3. The van der Waals surface area contributed by atoms with E-state index in [-0.39, 0.29) is 10.8 Å². The summed E-state index contributed by atoms with van der Waals surface area (Å²) in [7, 11) is 0. The second kappa shape index (κ2) is 14.1. The zero-order valence-electron chi connectivity index (χ0n) is 34.8. The quantitative estimate of drug-likeness (QED) is 0.169. The van der Waals surface area contributed by atoms with Gasteiger partial charge in [-0.05, 0) is 97.8 Å². The molecule has 0 amide bonds. The van der Waals surface area contributed by atoms with E-state index < -0.39 is 0 Å². The summed E-state index contributed by atoms with van der Waals surface area (Å²) >= 11 is 0. The molecule has 11 rings (SSSR count). The molecule has 0 fully saturated rings. The standard InChI is InChI=1S/C57H44N4/c1-56(2)49-21-13-11-19-45(49)46-33-29-42(35-50(46)57(56,3)4)37-23-25-38(26-24-37)43-30-34-48-47-20-12-14-22-51(47)61(52(48)36-43)44-31-27-41(28-32-44)55-59-53(39-15-7-5-8-16-39)58-54(60-55)40-17-9-6-10-18-40/h5-36H,1-4H3. The lowest BCUT2D eigenvalue weighted by molar-refractivity contribution is 0.299. The Labute approximate surface area is 356 Å². The van der Waals surface area contributed by atoms with Gasteiger partial charge >= 0.3 is 0 Å². The van der Waals surface area contributed by atoms with Crippen LogP contribution in [0.25, 0.3) is 95.0 Å². The lowest BCUT2D eigenvalue weighted by Gasteiger charge is -2.48. The van der Waals surface area contributed by atoms with Crippen LogP contribution in [0.3, 0.4) is 0 Å². The fraction of sp³-hybridized carbons (Fsp3) is 0.105. The molecule has 8 aromatic carbocycles. The molecule has 0 aliphatic heterocycles. The molecule has 2 aromatic heterocycles. The maximum atomic E-state index is 4.97. The van der Waals surface area contributed by atoms with Gasteiger partial charge in [0.05, 0.1) is 11.0 Å². The second-order valence-corrected chi connectivity index (χ2v) is 17.3. The molecular weight excluding hydrogens is 741 g/mol. The fourth-order valence-electron chi connectivity index (χ4n) is 9.39. The molecule has 4 heteroatoms. The third kappa shape index (κ3) is 6.01. The van der Waals surface area contributed by atoms with Crippen molar-refractivity contribution in [3.8, 4) is 73.2 Å². The highest BCUT2D eigenvalue weighted by Crippen LogP contribution is 2.54. The van der Waals surface area contributed by atoms with Crippen LogP contribution in [0.1, 0.15) is 38.8 Å². The van der Waals surface area contributed by atoms with Crippen LogP contribution < -0.4 is 0 Å². The van der Waals surface area contributed by atoms with Crippen LogP contribution in [0, 0.1) is 0 Å². The minimum Gasteiger partial charge on any atom is -0.309 e. The van der Waals surface area contributed by atoms with E-state index in [1.54, 1.807) is 0 Å². The maximum Gasteiger partial charge on any atom is 0.164 e. The van der Waals surface area contributed by atoms with Gasteiger partial charge < -0.3 is 4.57 Å². The van der Waals surface area contributed by atoms with Crippen molar-refractivity contribution in [3.63, 3.8) is 0 Å². The van der Waals surface area contributed by atoms with Crippen LogP contribution in [0.2, 0.25) is 0 Å². The average molecular weight is 785 g/mol. The molecule has 0 saturated heterocycles. The van der Waals surface area contributed by atoms with Crippen LogP contribution >= 0.6 is 0 Å². The van der Waals surface area contributed by atoms with E-state index in [1.165, 1.54) is 55.3 Å². The summed E-state index contributed by atoms with van der Waals surface area (Å²) in [5.74, 6) is 1.94. The van der Waals surface area contributed by atoms with Crippen LogP contribution in [-0.2, 0) is 10.8 Å². The van der Waals surface area contributed by atoms with Crippen molar-refractivity contribution in [2.75, 3.05) is 0 Å². The first-order chi connectivity index (χ1) is 29.7. The molecular formula is C57H44N4. The Morgan fingerprint density at radius 1 is 0.328 bits per heavy atom. The van der Waals surface area contributed by atoms with Crippen molar-refractivity contribution in [2.24, 2.45) is 0 Å². The van der Waals surface area contributed by atoms with Gasteiger partial charge in [-0.3, -0.25) is 0 Å². The number of fused-ring (bicyclic) bond motifs is 6. The fourth-order valence-corrected chi connectivity index (χ4v) is 9.39. The Hall–Kier alpha value is -7.43. The number of aromatic nitrogens is 4. The molecule has 4 nitrogen and oxygen atoms in total. The molecule has 0 saturated carbocycles. The van der Waals surface area contributed by atoms with Crippen molar-refractivity contribution in [1.29, 1.82) is 0 Å². The molecule has 292 valence electrons. The van der Waals surface area contributed by atoms with Crippen LogP contribution in [0.5, 0.6) is 0 Å². The molecule has 0 radical (unpaired) electrons. The molecule has 61 heavy (non-hydrogen) atoms. The second-order valence-electron chi connectivity index (χ2n) is 17.3. The molecule has 1 aliphatic rings. The van der Waals surface area contributed by atoms with Gasteiger partial charge in [-0.25, -0.2) is 15.0 Å². The molecule has 0 atom stereocenters. The molecule has 0 bridgehead atoms. The largest absolute Gasteiger partial charge is 0.309 e. The van der Waals surface area contributed by atoms with Crippen molar-refractivity contribution < 1.29 is 0 Å². The first-order valence-corrected chi connectivity index (χ1v) is 21.1. The molecule has 2 heterocycles. The van der Waals surface area contributed by atoms with Crippen molar-refractivity contribution >= 4 is 21.8 Å². The van der Waals surface area contributed by atoms with E-state index in [4.69, 9.17) is 15.0 Å². The average Bonchev–Trinajstić information content (AvgIpc) is 3.65. The van der Waals surface area contributed by atoms with E-state index in [1.807, 2.05) is 60.7 Å². The van der Waals surface area contributed by atoms with E-state index >= 15 is 0 Å². The van der Waals surface area contributed by atoms with Gasteiger partial charge in [0.2, 0.25) is 0 Å². The normalized spacial score (nSPS) is 13.8. The summed E-state index contributed by atoms with van der Waals surface area (Å²) in [6.45, 7) is 9.58. The maximum absolute atomic E-state index is 4.97. The summed E-state index contributed by atoms with van der Waals surface area (Å²) in [6.07, 6.45) is 0. The minimum absolute atomic E-state index is 0.00453. The highest BCUT2D eigenvalue weighted by atomic mass is 15.0. The Morgan fingerprint density at radius 2 is 0.770 bits per heavy atom. The summed E-state index contributed by atoms with van der Waals surface area (Å²) in [4.78, 5) is 14.8. The lowest BCUT2D eigenvalue weighted by atomic mass is 9.55. The number of rotatable bonds is 6. The highest BCUT2D eigenvalue weighted by molar-refractivity contribution is 6.10. The molecule has 0 N–H and O–H groups in total. The van der Waals surface area contributed by atoms with E-state index in [0.29, 0.717) is 17.5 Å². The number of hydrogen-bond donors (Lipinski definition) is 0. The van der Waals surface area contributed by atoms with Crippen molar-refractivity contribution in [2.45, 2.75) is 38.5 Å². The Balaban J connectivity index is 0.955. The van der Waals surface area contributed by atoms with Crippen molar-refractivity contribution in [1.82, 2.24) is 19.5 Å². The molecule has 0 unspecified atom stereocenters. The number of hydrogen-bond acceptors (Lipinski definition) is 3. The number of para-hydroxylation sites is 1. The Kier molecular flexibility index (Phi) is 8.47. The summed E-state index contributed by atoms with van der Waals surface area (Å²) in [6, 6.07) is 69.4. The van der Waals surface area contributed by atoms with E-state index in [2.05, 4.69) is 166 Å². The number of nitrogens with zero attached hydrogens (tertiary/aromatic N) is 4. The lowest BCUT2D eigenvalue weighted by Crippen LogP contribution is -2.43. The van der Waals surface area contributed by atoms with Gasteiger partial charge in [0.25, 0.3) is 0 Å². The summed E-state index contributed by atoms with van der Waals surface area (Å²) in [5, 5.41) is 2.45. The SMILES string of the molecule is CC1(C)c2ccccc2-c2ccc(-c3ccc(-c4ccc5c6ccccc6n(-c6ccc(-c7nc(-c8ccccc8)nc(-c8ccccc8)n7)cc6)c5c4)cc3)cc2C1(C)C. The van der Waals surface area contributed by atoms with E-state index in [0.717, 1.165) is 33.4 Å².